The van der Waals surface area contributed by atoms with E-state index in [-0.39, 0.29) is 6.10 Å². The van der Waals surface area contributed by atoms with Crippen molar-refractivity contribution in [3.8, 4) is 0 Å². The van der Waals surface area contributed by atoms with Crippen molar-refractivity contribution in [3.05, 3.63) is 28.2 Å². The Bertz CT molecular complexity index is 450. The third-order valence-electron chi connectivity index (χ3n) is 2.95. The molecular weight excluding hydrogens is 298 g/mol. The van der Waals surface area contributed by atoms with E-state index in [1.165, 1.54) is 0 Å². The van der Waals surface area contributed by atoms with Gasteiger partial charge in [-0.05, 0) is 31.5 Å². The molecule has 2 rings (SSSR count). The molecule has 4 nitrogen and oxygen atoms in total. The van der Waals surface area contributed by atoms with Gasteiger partial charge in [0, 0.05) is 29.9 Å². The number of carboxylic acid groups (broad SMARTS) is 1. The van der Waals surface area contributed by atoms with E-state index in [1.807, 2.05) is 13.0 Å². The van der Waals surface area contributed by atoms with Crippen molar-refractivity contribution in [1.29, 1.82) is 0 Å². The molecule has 1 unspecified atom stereocenters. The summed E-state index contributed by atoms with van der Waals surface area (Å²) in [7, 11) is 0. The normalized spacial score (nSPS) is 20.6. The molecule has 0 aromatic heterocycles. The first-order valence-electron chi connectivity index (χ1n) is 5.96. The lowest BCUT2D eigenvalue weighted by atomic mass is 10.1. The maximum Gasteiger partial charge on any atom is 0.335 e. The number of hydrogen-bond donors (Lipinski definition) is 1. The predicted molar refractivity (Wildman–Crippen MR) is 73.3 cm³/mol. The first kappa shape index (κ1) is 13.4. The van der Waals surface area contributed by atoms with Crippen molar-refractivity contribution in [1.82, 2.24) is 0 Å². The Balaban J connectivity index is 2.28. The van der Waals surface area contributed by atoms with E-state index >= 15 is 0 Å². The van der Waals surface area contributed by atoms with Gasteiger partial charge in [-0.15, -0.1) is 0 Å². The lowest BCUT2D eigenvalue weighted by molar-refractivity contribution is 0.0697. The minimum atomic E-state index is -0.906. The summed E-state index contributed by atoms with van der Waals surface area (Å²) >= 11 is 3.36. The number of nitrogens with zero attached hydrogens (tertiary/aromatic N) is 1. The Morgan fingerprint density at radius 3 is 3.00 bits per heavy atom. The van der Waals surface area contributed by atoms with E-state index in [1.54, 1.807) is 12.1 Å². The molecule has 1 fully saturated rings. The van der Waals surface area contributed by atoms with Gasteiger partial charge in [-0.2, -0.15) is 0 Å². The zero-order valence-electron chi connectivity index (χ0n) is 10.2. The number of benzene rings is 1. The van der Waals surface area contributed by atoms with Gasteiger partial charge in [-0.3, -0.25) is 0 Å². The van der Waals surface area contributed by atoms with E-state index in [0.717, 1.165) is 36.3 Å². The largest absolute Gasteiger partial charge is 0.478 e. The minimum Gasteiger partial charge on any atom is -0.478 e. The fraction of sp³-hybridized carbons (Fsp3) is 0.462. The molecule has 18 heavy (non-hydrogen) atoms. The second-order valence-electron chi connectivity index (χ2n) is 4.48. The highest BCUT2D eigenvalue weighted by Gasteiger charge is 2.17. The third-order valence-corrected chi connectivity index (χ3v) is 3.40. The summed E-state index contributed by atoms with van der Waals surface area (Å²) in [6.45, 7) is 4.47. The highest BCUT2D eigenvalue weighted by molar-refractivity contribution is 9.10. The molecule has 0 radical (unpaired) electrons. The van der Waals surface area contributed by atoms with Gasteiger partial charge < -0.3 is 14.7 Å². The van der Waals surface area contributed by atoms with Gasteiger partial charge in [0.25, 0.3) is 0 Å². The maximum absolute atomic E-state index is 11.1. The Morgan fingerprint density at radius 2 is 2.28 bits per heavy atom. The lowest BCUT2D eigenvalue weighted by Crippen LogP contribution is -2.30. The van der Waals surface area contributed by atoms with Gasteiger partial charge >= 0.3 is 5.97 Å². The van der Waals surface area contributed by atoms with Crippen LogP contribution in [0.15, 0.2) is 22.7 Å². The van der Waals surface area contributed by atoms with Crippen LogP contribution in [-0.4, -0.2) is 36.9 Å². The maximum atomic E-state index is 11.1. The molecule has 1 aromatic rings. The van der Waals surface area contributed by atoms with Gasteiger partial charge in [0.15, 0.2) is 0 Å². The van der Waals surface area contributed by atoms with E-state index in [2.05, 4.69) is 20.8 Å². The summed E-state index contributed by atoms with van der Waals surface area (Å²) in [5, 5.41) is 9.08. The van der Waals surface area contributed by atoms with Crippen LogP contribution >= 0.6 is 15.9 Å². The smallest absolute Gasteiger partial charge is 0.335 e. The zero-order chi connectivity index (χ0) is 13.1. The summed E-state index contributed by atoms with van der Waals surface area (Å²) in [6, 6.07) is 5.28. The first-order chi connectivity index (χ1) is 8.56. The van der Waals surface area contributed by atoms with Gasteiger partial charge in [-0.25, -0.2) is 4.79 Å². The Kier molecular flexibility index (Phi) is 4.24. The predicted octanol–water partition coefficient (Wildman–Crippen LogP) is 2.76. The monoisotopic (exact) mass is 313 g/mol. The number of anilines is 1. The molecule has 1 atom stereocenters. The van der Waals surface area contributed by atoms with Crippen molar-refractivity contribution in [2.24, 2.45) is 0 Å². The summed E-state index contributed by atoms with van der Waals surface area (Å²) in [6.07, 6.45) is 1.12. The fourth-order valence-electron chi connectivity index (χ4n) is 2.11. The summed E-state index contributed by atoms with van der Waals surface area (Å²) in [5.41, 5.74) is 1.23. The third kappa shape index (κ3) is 3.23. The molecule has 0 aliphatic carbocycles. The molecule has 5 heteroatoms. The van der Waals surface area contributed by atoms with Crippen LogP contribution in [0.3, 0.4) is 0 Å². The molecule has 0 bridgehead atoms. The van der Waals surface area contributed by atoms with Crippen LogP contribution in [0.1, 0.15) is 23.7 Å². The SMILES string of the molecule is CC1CN(c2cc(Br)cc(C(=O)O)c2)CCCO1. The van der Waals surface area contributed by atoms with Crippen LogP contribution in [0, 0.1) is 0 Å². The van der Waals surface area contributed by atoms with Gasteiger partial charge in [0.05, 0.1) is 11.7 Å². The second-order valence-corrected chi connectivity index (χ2v) is 5.40. The number of aromatic carboxylic acids is 1. The molecule has 1 heterocycles. The van der Waals surface area contributed by atoms with Crippen molar-refractivity contribution < 1.29 is 14.6 Å². The minimum absolute atomic E-state index is 0.166. The number of hydrogen-bond acceptors (Lipinski definition) is 3. The Hall–Kier alpha value is -1.07. The molecule has 98 valence electrons. The lowest BCUT2D eigenvalue weighted by Gasteiger charge is -2.24. The average Bonchev–Trinajstić information content (AvgIpc) is 2.53. The van der Waals surface area contributed by atoms with Crippen molar-refractivity contribution >= 4 is 27.6 Å². The molecular formula is C13H16BrNO3. The number of carboxylic acids is 1. The summed E-state index contributed by atoms with van der Waals surface area (Å²) in [4.78, 5) is 13.2. The Labute approximate surface area is 115 Å². The highest BCUT2D eigenvalue weighted by Crippen LogP contribution is 2.24. The van der Waals surface area contributed by atoms with Crippen LogP contribution in [0.25, 0.3) is 0 Å². The van der Waals surface area contributed by atoms with Crippen LogP contribution in [0.4, 0.5) is 5.69 Å². The van der Waals surface area contributed by atoms with E-state index in [4.69, 9.17) is 9.84 Å². The summed E-state index contributed by atoms with van der Waals surface area (Å²) < 4.78 is 6.38. The second kappa shape index (κ2) is 5.71. The molecule has 0 amide bonds. The number of ether oxygens (including phenoxy) is 1. The molecule has 1 N–H and O–H groups in total. The molecule has 1 aliphatic heterocycles. The topological polar surface area (TPSA) is 49.8 Å². The van der Waals surface area contributed by atoms with Crippen molar-refractivity contribution in [2.45, 2.75) is 19.4 Å². The molecule has 1 aliphatic rings. The van der Waals surface area contributed by atoms with Gasteiger partial charge in [0.1, 0.15) is 0 Å². The van der Waals surface area contributed by atoms with E-state index < -0.39 is 5.97 Å². The first-order valence-corrected chi connectivity index (χ1v) is 6.76. The van der Waals surface area contributed by atoms with Crippen molar-refractivity contribution in [3.63, 3.8) is 0 Å². The number of halogens is 1. The van der Waals surface area contributed by atoms with Crippen LogP contribution in [0.2, 0.25) is 0 Å². The van der Waals surface area contributed by atoms with Gasteiger partial charge in [0.2, 0.25) is 0 Å². The highest BCUT2D eigenvalue weighted by atomic mass is 79.9. The fourth-order valence-corrected chi connectivity index (χ4v) is 2.59. The summed E-state index contributed by atoms with van der Waals surface area (Å²) in [5.74, 6) is -0.906. The molecule has 0 spiro atoms. The average molecular weight is 314 g/mol. The number of carbonyl (C=O) groups is 1. The zero-order valence-corrected chi connectivity index (χ0v) is 11.8. The quantitative estimate of drug-likeness (QED) is 0.912. The Morgan fingerprint density at radius 1 is 1.50 bits per heavy atom. The van der Waals surface area contributed by atoms with Crippen LogP contribution in [-0.2, 0) is 4.74 Å². The van der Waals surface area contributed by atoms with Crippen LogP contribution < -0.4 is 4.90 Å². The van der Waals surface area contributed by atoms with Gasteiger partial charge in [-0.1, -0.05) is 15.9 Å². The molecule has 1 saturated heterocycles. The van der Waals surface area contributed by atoms with E-state index in [0.29, 0.717) is 5.56 Å². The van der Waals surface area contributed by atoms with E-state index in [9.17, 15) is 4.79 Å². The molecule has 1 aromatic carbocycles. The van der Waals surface area contributed by atoms with Crippen LogP contribution in [0.5, 0.6) is 0 Å². The number of rotatable bonds is 2. The molecule has 0 saturated carbocycles. The van der Waals surface area contributed by atoms with Crippen molar-refractivity contribution in [2.75, 3.05) is 24.6 Å². The standard InChI is InChI=1S/C13H16BrNO3/c1-9-8-15(3-2-4-18-9)12-6-10(13(16)17)5-11(14)7-12/h5-7,9H,2-4,8H2,1H3,(H,16,17).